The van der Waals surface area contributed by atoms with Gasteiger partial charge in [0.25, 0.3) is 0 Å². The molecule has 4 aliphatic rings. The Kier molecular flexibility index (Phi) is 3.75. The van der Waals surface area contributed by atoms with Gasteiger partial charge in [0, 0.05) is 19.8 Å². The molecule has 136 valence electrons. The summed E-state index contributed by atoms with van der Waals surface area (Å²) < 4.78 is 0. The van der Waals surface area contributed by atoms with Crippen LogP contribution in [0.4, 0.5) is 0 Å². The predicted octanol–water partition coefficient (Wildman–Crippen LogP) is 3.20. The summed E-state index contributed by atoms with van der Waals surface area (Å²) in [6.07, 6.45) is 8.33. The number of amides is 1. The van der Waals surface area contributed by atoms with Crippen molar-refractivity contribution in [3.63, 3.8) is 0 Å². The normalized spacial score (nSPS) is 46.0. The number of fused-ring (bicyclic) bond motifs is 5. The zero-order valence-electron chi connectivity index (χ0n) is 15.6. The van der Waals surface area contributed by atoms with Gasteiger partial charge in [-0.05, 0) is 66.8 Å². The van der Waals surface area contributed by atoms with Crippen LogP contribution in [-0.2, 0) is 14.4 Å². The summed E-state index contributed by atoms with van der Waals surface area (Å²) in [5, 5.41) is 2.95. The van der Waals surface area contributed by atoms with E-state index < -0.39 is 0 Å². The molecular weight excluding hydrogens is 314 g/mol. The van der Waals surface area contributed by atoms with Crippen molar-refractivity contribution in [1.29, 1.82) is 0 Å². The van der Waals surface area contributed by atoms with Crippen LogP contribution in [0, 0.1) is 28.6 Å². The lowest BCUT2D eigenvalue weighted by atomic mass is 9.47. The summed E-state index contributed by atoms with van der Waals surface area (Å²) in [5.74, 6) is 1.88. The molecule has 4 aliphatic carbocycles. The summed E-state index contributed by atoms with van der Waals surface area (Å²) >= 11 is 0. The second-order valence-corrected chi connectivity index (χ2v) is 9.32. The number of hydrogen-bond donors (Lipinski definition) is 1. The second kappa shape index (κ2) is 5.52. The number of rotatable bonds is 1. The van der Waals surface area contributed by atoms with Crippen LogP contribution in [0.15, 0.2) is 11.6 Å². The van der Waals surface area contributed by atoms with Gasteiger partial charge in [-0.1, -0.05) is 19.4 Å². The molecule has 3 fully saturated rings. The molecule has 0 aromatic heterocycles. The number of nitrogens with one attached hydrogen (secondary N) is 1. The van der Waals surface area contributed by atoms with E-state index in [1.807, 2.05) is 6.08 Å². The SMILES string of the molecule is CC(=O)NC1C(=O)CC2C3CCC4=CC(=O)CCC4(C)C3CCC12C. The first-order valence-corrected chi connectivity index (χ1v) is 9.79. The summed E-state index contributed by atoms with van der Waals surface area (Å²) in [7, 11) is 0. The highest BCUT2D eigenvalue weighted by Crippen LogP contribution is 2.64. The van der Waals surface area contributed by atoms with Gasteiger partial charge >= 0.3 is 0 Å². The molecule has 0 aromatic carbocycles. The monoisotopic (exact) mass is 343 g/mol. The Hall–Kier alpha value is -1.45. The molecule has 0 radical (unpaired) electrons. The second-order valence-electron chi connectivity index (χ2n) is 9.32. The molecule has 4 heteroatoms. The van der Waals surface area contributed by atoms with Crippen LogP contribution in [0.1, 0.15) is 65.7 Å². The van der Waals surface area contributed by atoms with Crippen molar-refractivity contribution >= 4 is 17.5 Å². The van der Waals surface area contributed by atoms with E-state index in [0.29, 0.717) is 30.6 Å². The van der Waals surface area contributed by atoms with Crippen LogP contribution < -0.4 is 5.32 Å². The van der Waals surface area contributed by atoms with E-state index >= 15 is 0 Å². The minimum absolute atomic E-state index is 0.103. The minimum atomic E-state index is -0.311. The van der Waals surface area contributed by atoms with E-state index in [1.54, 1.807) is 0 Å². The van der Waals surface area contributed by atoms with E-state index in [2.05, 4.69) is 19.2 Å². The number of Topliss-reactive ketones (excluding diaryl/α,β-unsaturated/α-hetero) is 1. The van der Waals surface area contributed by atoms with Gasteiger partial charge in [-0.25, -0.2) is 0 Å². The van der Waals surface area contributed by atoms with Crippen LogP contribution in [0.25, 0.3) is 0 Å². The summed E-state index contributed by atoms with van der Waals surface area (Å²) in [6, 6.07) is -0.311. The first kappa shape index (κ1) is 17.0. The smallest absolute Gasteiger partial charge is 0.217 e. The van der Waals surface area contributed by atoms with Gasteiger partial charge in [0.2, 0.25) is 5.91 Å². The zero-order valence-corrected chi connectivity index (χ0v) is 15.6. The van der Waals surface area contributed by atoms with E-state index in [0.717, 1.165) is 32.1 Å². The van der Waals surface area contributed by atoms with Crippen molar-refractivity contribution in [2.45, 2.75) is 71.8 Å². The maximum Gasteiger partial charge on any atom is 0.217 e. The van der Waals surface area contributed by atoms with Crippen LogP contribution in [0.3, 0.4) is 0 Å². The van der Waals surface area contributed by atoms with Crippen LogP contribution in [-0.4, -0.2) is 23.5 Å². The van der Waals surface area contributed by atoms with Gasteiger partial charge in [-0.15, -0.1) is 0 Å². The minimum Gasteiger partial charge on any atom is -0.346 e. The average Bonchev–Trinajstić information content (AvgIpc) is 2.79. The molecule has 6 unspecified atom stereocenters. The lowest BCUT2D eigenvalue weighted by molar-refractivity contribution is -0.127. The highest BCUT2D eigenvalue weighted by Gasteiger charge is 2.61. The lowest BCUT2D eigenvalue weighted by Crippen LogP contribution is -2.54. The Labute approximate surface area is 149 Å². The molecule has 3 saturated carbocycles. The van der Waals surface area contributed by atoms with Gasteiger partial charge < -0.3 is 5.32 Å². The third-order valence-electron chi connectivity index (χ3n) is 8.15. The fourth-order valence-corrected chi connectivity index (χ4v) is 6.80. The van der Waals surface area contributed by atoms with Crippen molar-refractivity contribution < 1.29 is 14.4 Å². The van der Waals surface area contributed by atoms with Gasteiger partial charge in [-0.3, -0.25) is 14.4 Å². The summed E-state index contributed by atoms with van der Waals surface area (Å²) in [5.41, 5.74) is 1.38. The van der Waals surface area contributed by atoms with Crippen molar-refractivity contribution in [3.8, 4) is 0 Å². The van der Waals surface area contributed by atoms with Crippen molar-refractivity contribution in [3.05, 3.63) is 11.6 Å². The van der Waals surface area contributed by atoms with Gasteiger partial charge in [0.15, 0.2) is 11.6 Å². The zero-order chi connectivity index (χ0) is 18.0. The van der Waals surface area contributed by atoms with Crippen molar-refractivity contribution in [2.75, 3.05) is 0 Å². The lowest BCUT2D eigenvalue weighted by Gasteiger charge is -2.57. The summed E-state index contributed by atoms with van der Waals surface area (Å²) in [6.45, 7) is 6.08. The predicted molar refractivity (Wildman–Crippen MR) is 94.7 cm³/mol. The number of carbonyl (C=O) groups is 3. The van der Waals surface area contributed by atoms with E-state index in [-0.39, 0.29) is 34.3 Å². The topological polar surface area (TPSA) is 63.2 Å². The number of carbonyl (C=O) groups excluding carboxylic acids is 3. The molecule has 4 nitrogen and oxygen atoms in total. The quantitative estimate of drug-likeness (QED) is 0.795. The molecule has 1 N–H and O–H groups in total. The number of ketones is 2. The third kappa shape index (κ3) is 2.36. The maximum absolute atomic E-state index is 12.7. The Morgan fingerprint density at radius 3 is 2.60 bits per heavy atom. The van der Waals surface area contributed by atoms with Gasteiger partial charge in [0.05, 0.1) is 6.04 Å². The maximum atomic E-state index is 12.7. The van der Waals surface area contributed by atoms with Crippen LogP contribution >= 0.6 is 0 Å². The fourth-order valence-electron chi connectivity index (χ4n) is 6.80. The standard InChI is InChI=1S/C21H29NO3/c1-12(23)22-19-18(25)11-17-15-5-4-13-10-14(24)6-8-20(13,2)16(15)7-9-21(17,19)3/h10,15-17,19H,4-9,11H2,1-3H3,(H,22,23). The molecule has 0 heterocycles. The van der Waals surface area contributed by atoms with E-state index in [1.165, 1.54) is 12.5 Å². The molecule has 0 aliphatic heterocycles. The molecule has 0 saturated heterocycles. The first-order valence-electron chi connectivity index (χ1n) is 9.79. The third-order valence-corrected chi connectivity index (χ3v) is 8.15. The number of hydrogen-bond acceptors (Lipinski definition) is 3. The Morgan fingerprint density at radius 1 is 1.12 bits per heavy atom. The van der Waals surface area contributed by atoms with Crippen LogP contribution in [0.2, 0.25) is 0 Å². The Bertz CT molecular complexity index is 681. The van der Waals surface area contributed by atoms with Gasteiger partial charge in [-0.2, -0.15) is 0 Å². The molecular formula is C21H29NO3. The van der Waals surface area contributed by atoms with Crippen LogP contribution in [0.5, 0.6) is 0 Å². The highest BCUT2D eigenvalue weighted by atomic mass is 16.2. The average molecular weight is 343 g/mol. The molecule has 0 bridgehead atoms. The molecule has 6 atom stereocenters. The number of allylic oxidation sites excluding steroid dienone is 1. The van der Waals surface area contributed by atoms with E-state index in [9.17, 15) is 14.4 Å². The Morgan fingerprint density at radius 2 is 1.88 bits per heavy atom. The largest absolute Gasteiger partial charge is 0.346 e. The Balaban J connectivity index is 1.66. The first-order chi connectivity index (χ1) is 11.8. The highest BCUT2D eigenvalue weighted by molar-refractivity contribution is 5.92. The van der Waals surface area contributed by atoms with Gasteiger partial charge in [0.1, 0.15) is 0 Å². The molecule has 0 spiro atoms. The fraction of sp³-hybridized carbons (Fsp3) is 0.762. The molecule has 25 heavy (non-hydrogen) atoms. The molecule has 4 rings (SSSR count). The van der Waals surface area contributed by atoms with Crippen molar-refractivity contribution in [2.24, 2.45) is 28.6 Å². The van der Waals surface area contributed by atoms with E-state index in [4.69, 9.17) is 0 Å². The summed E-state index contributed by atoms with van der Waals surface area (Å²) in [4.78, 5) is 36.2. The molecule has 0 aromatic rings. The van der Waals surface area contributed by atoms with Crippen molar-refractivity contribution in [1.82, 2.24) is 5.32 Å². The molecule has 1 amide bonds.